The third kappa shape index (κ3) is 3.89. The second kappa shape index (κ2) is 6.41. The van der Waals surface area contributed by atoms with Crippen molar-refractivity contribution in [1.29, 1.82) is 0 Å². The summed E-state index contributed by atoms with van der Waals surface area (Å²) in [6.07, 6.45) is -2.84. The standard InChI is InChI=1S/C15H16F3N3O2/c1-9(14(22)23)21(2)8-11-7-19-20-13(11)10-3-5-12(6-4-10)15(16,17)18/h3-7,9H,8H2,1-2H3,(H,19,20)(H,22,23). The van der Waals surface area contributed by atoms with E-state index in [1.807, 2.05) is 0 Å². The van der Waals surface area contributed by atoms with E-state index < -0.39 is 23.8 Å². The lowest BCUT2D eigenvalue weighted by atomic mass is 10.1. The molecule has 124 valence electrons. The number of rotatable bonds is 5. The highest BCUT2D eigenvalue weighted by molar-refractivity contribution is 5.73. The third-order valence-electron chi connectivity index (χ3n) is 3.66. The lowest BCUT2D eigenvalue weighted by Crippen LogP contribution is -2.35. The van der Waals surface area contributed by atoms with Crippen molar-refractivity contribution in [1.82, 2.24) is 15.1 Å². The first-order valence-electron chi connectivity index (χ1n) is 6.83. The summed E-state index contributed by atoms with van der Waals surface area (Å²) < 4.78 is 37.8. The molecule has 8 heteroatoms. The number of nitrogens with zero attached hydrogens (tertiary/aromatic N) is 2. The highest BCUT2D eigenvalue weighted by Gasteiger charge is 2.30. The van der Waals surface area contributed by atoms with Gasteiger partial charge in [-0.25, -0.2) is 0 Å². The second-order valence-corrected chi connectivity index (χ2v) is 5.27. The first kappa shape index (κ1) is 17.0. The number of hydrogen-bond donors (Lipinski definition) is 2. The van der Waals surface area contributed by atoms with Gasteiger partial charge in [-0.3, -0.25) is 14.8 Å². The van der Waals surface area contributed by atoms with Gasteiger partial charge in [-0.1, -0.05) is 12.1 Å². The molecule has 2 aromatic rings. The van der Waals surface area contributed by atoms with Crippen LogP contribution in [-0.2, 0) is 17.5 Å². The van der Waals surface area contributed by atoms with Crippen LogP contribution >= 0.6 is 0 Å². The van der Waals surface area contributed by atoms with E-state index >= 15 is 0 Å². The topological polar surface area (TPSA) is 69.2 Å². The van der Waals surface area contributed by atoms with E-state index in [1.54, 1.807) is 18.9 Å². The molecule has 5 nitrogen and oxygen atoms in total. The fourth-order valence-electron chi connectivity index (χ4n) is 2.10. The number of aliphatic carboxylic acids is 1. The van der Waals surface area contributed by atoms with E-state index in [2.05, 4.69) is 10.2 Å². The highest BCUT2D eigenvalue weighted by atomic mass is 19.4. The first-order valence-corrected chi connectivity index (χ1v) is 6.83. The van der Waals surface area contributed by atoms with Crippen LogP contribution < -0.4 is 0 Å². The molecule has 2 rings (SSSR count). The van der Waals surface area contributed by atoms with Crippen molar-refractivity contribution in [2.45, 2.75) is 25.7 Å². The highest BCUT2D eigenvalue weighted by Crippen LogP contribution is 2.31. The Morgan fingerprint density at radius 3 is 2.48 bits per heavy atom. The van der Waals surface area contributed by atoms with Crippen molar-refractivity contribution in [3.05, 3.63) is 41.6 Å². The Morgan fingerprint density at radius 2 is 1.96 bits per heavy atom. The Labute approximate surface area is 130 Å². The molecule has 0 aliphatic rings. The van der Waals surface area contributed by atoms with E-state index in [4.69, 9.17) is 5.11 Å². The van der Waals surface area contributed by atoms with E-state index in [9.17, 15) is 18.0 Å². The molecule has 1 atom stereocenters. The minimum atomic E-state index is -4.38. The minimum absolute atomic E-state index is 0.306. The lowest BCUT2D eigenvalue weighted by molar-refractivity contribution is -0.142. The van der Waals surface area contributed by atoms with Crippen molar-refractivity contribution in [3.63, 3.8) is 0 Å². The molecule has 0 amide bonds. The van der Waals surface area contributed by atoms with Gasteiger partial charge in [0, 0.05) is 12.1 Å². The predicted octanol–water partition coefficient (Wildman–Crippen LogP) is 3.00. The van der Waals surface area contributed by atoms with Crippen LogP contribution in [0.2, 0.25) is 0 Å². The number of hydrogen-bond acceptors (Lipinski definition) is 3. The van der Waals surface area contributed by atoms with Crippen LogP contribution in [0.3, 0.4) is 0 Å². The third-order valence-corrected chi connectivity index (χ3v) is 3.66. The van der Waals surface area contributed by atoms with Crippen LogP contribution in [0.4, 0.5) is 13.2 Å². The molecule has 1 aromatic heterocycles. The molecule has 23 heavy (non-hydrogen) atoms. The van der Waals surface area contributed by atoms with Gasteiger partial charge >= 0.3 is 12.1 Å². The molecule has 0 radical (unpaired) electrons. The van der Waals surface area contributed by atoms with Gasteiger partial charge < -0.3 is 5.11 Å². The SMILES string of the molecule is CC(C(=O)O)N(C)Cc1cn[nH]c1-c1ccc(C(F)(F)F)cc1. The van der Waals surface area contributed by atoms with Crippen LogP contribution in [0.25, 0.3) is 11.3 Å². The van der Waals surface area contributed by atoms with E-state index in [0.717, 1.165) is 12.1 Å². The van der Waals surface area contributed by atoms with Crippen molar-refractivity contribution >= 4 is 5.97 Å². The maximum Gasteiger partial charge on any atom is 0.416 e. The van der Waals surface area contributed by atoms with Crippen LogP contribution in [0.5, 0.6) is 0 Å². The van der Waals surface area contributed by atoms with Gasteiger partial charge in [0.2, 0.25) is 0 Å². The smallest absolute Gasteiger partial charge is 0.416 e. The molecule has 0 fully saturated rings. The number of halogens is 3. The molecule has 0 saturated heterocycles. The van der Waals surface area contributed by atoms with Gasteiger partial charge in [-0.15, -0.1) is 0 Å². The molecule has 1 aromatic carbocycles. The average molecular weight is 327 g/mol. The molecule has 0 saturated carbocycles. The van der Waals surface area contributed by atoms with E-state index in [0.29, 0.717) is 23.4 Å². The number of likely N-dealkylation sites (N-methyl/N-ethyl adjacent to an activating group) is 1. The Balaban J connectivity index is 2.22. The van der Waals surface area contributed by atoms with Crippen molar-refractivity contribution < 1.29 is 23.1 Å². The fraction of sp³-hybridized carbons (Fsp3) is 0.333. The molecule has 1 unspecified atom stereocenters. The zero-order valence-electron chi connectivity index (χ0n) is 12.6. The van der Waals surface area contributed by atoms with E-state index in [-0.39, 0.29) is 0 Å². The van der Waals surface area contributed by atoms with Crippen LogP contribution in [0.15, 0.2) is 30.5 Å². The molecule has 0 spiro atoms. The van der Waals surface area contributed by atoms with Crippen molar-refractivity contribution in [2.24, 2.45) is 0 Å². The second-order valence-electron chi connectivity index (χ2n) is 5.27. The van der Waals surface area contributed by atoms with Crippen molar-refractivity contribution in [3.8, 4) is 11.3 Å². The normalized spacial score (nSPS) is 13.3. The van der Waals surface area contributed by atoms with Gasteiger partial charge in [0.05, 0.1) is 17.5 Å². The summed E-state index contributed by atoms with van der Waals surface area (Å²) in [6, 6.07) is 4.04. The summed E-state index contributed by atoms with van der Waals surface area (Å²) in [5.41, 5.74) is 1.12. The van der Waals surface area contributed by atoms with Crippen molar-refractivity contribution in [2.75, 3.05) is 7.05 Å². The maximum absolute atomic E-state index is 12.6. The number of benzene rings is 1. The molecular weight excluding hydrogens is 311 g/mol. The maximum atomic E-state index is 12.6. The minimum Gasteiger partial charge on any atom is -0.480 e. The quantitative estimate of drug-likeness (QED) is 0.886. The van der Waals surface area contributed by atoms with Gasteiger partial charge in [-0.2, -0.15) is 18.3 Å². The zero-order chi connectivity index (χ0) is 17.2. The van der Waals surface area contributed by atoms with Gasteiger partial charge in [0.1, 0.15) is 6.04 Å². The predicted molar refractivity (Wildman–Crippen MR) is 77.6 cm³/mol. The Morgan fingerprint density at radius 1 is 1.35 bits per heavy atom. The number of aromatic nitrogens is 2. The fourth-order valence-corrected chi connectivity index (χ4v) is 2.10. The Hall–Kier alpha value is -2.35. The number of carboxylic acid groups (broad SMARTS) is 1. The number of carbonyl (C=O) groups is 1. The molecular formula is C15H16F3N3O2. The number of aromatic amines is 1. The largest absolute Gasteiger partial charge is 0.480 e. The summed E-state index contributed by atoms with van der Waals surface area (Å²) >= 11 is 0. The molecule has 0 bridgehead atoms. The summed E-state index contributed by atoms with van der Waals surface area (Å²) in [5.74, 6) is -0.952. The molecule has 0 aliphatic carbocycles. The number of alkyl halides is 3. The molecule has 1 heterocycles. The summed E-state index contributed by atoms with van der Waals surface area (Å²) in [4.78, 5) is 12.6. The summed E-state index contributed by atoms with van der Waals surface area (Å²) in [6.45, 7) is 1.86. The van der Waals surface area contributed by atoms with Crippen LogP contribution in [0.1, 0.15) is 18.1 Å². The van der Waals surface area contributed by atoms with E-state index in [1.165, 1.54) is 18.3 Å². The Bertz CT molecular complexity index is 680. The van der Waals surface area contributed by atoms with Crippen LogP contribution in [-0.4, -0.2) is 39.3 Å². The summed E-state index contributed by atoms with van der Waals surface area (Å²) in [5, 5.41) is 15.7. The zero-order valence-corrected chi connectivity index (χ0v) is 12.6. The Kier molecular flexibility index (Phi) is 4.74. The first-order chi connectivity index (χ1) is 10.7. The number of H-pyrrole nitrogens is 1. The number of nitrogens with one attached hydrogen (secondary N) is 1. The molecule has 2 N–H and O–H groups in total. The summed E-state index contributed by atoms with van der Waals surface area (Å²) in [7, 11) is 1.66. The number of carboxylic acids is 1. The van der Waals surface area contributed by atoms with Crippen LogP contribution in [0, 0.1) is 0 Å². The lowest BCUT2D eigenvalue weighted by Gasteiger charge is -2.20. The average Bonchev–Trinajstić information content (AvgIpc) is 2.93. The van der Waals surface area contributed by atoms with Gasteiger partial charge in [-0.05, 0) is 31.7 Å². The van der Waals surface area contributed by atoms with Gasteiger partial charge in [0.25, 0.3) is 0 Å². The molecule has 0 aliphatic heterocycles. The van der Waals surface area contributed by atoms with Gasteiger partial charge in [0.15, 0.2) is 0 Å². The monoisotopic (exact) mass is 327 g/mol.